The number of fused-ring (bicyclic) bond motifs is 7. The maximum Gasteiger partial charge on any atom is 0.124 e. The molecule has 0 spiro atoms. The van der Waals surface area contributed by atoms with E-state index in [1.54, 1.807) is 0 Å². The number of H-pyrrole nitrogens is 1. The van der Waals surface area contributed by atoms with E-state index < -0.39 is 0 Å². The second-order valence-corrected chi connectivity index (χ2v) is 5.30. The molecule has 2 unspecified atom stereocenters. The normalized spacial score (nSPS) is 31.7. The number of hydrogen-bond acceptors (Lipinski definition) is 3. The van der Waals surface area contributed by atoms with Crippen molar-refractivity contribution in [2.24, 2.45) is 0 Å². The Morgan fingerprint density at radius 1 is 1.50 bits per heavy atom. The number of hydrogen-bond donors (Lipinski definition) is 1. The lowest BCUT2D eigenvalue weighted by Gasteiger charge is -2.38. The lowest BCUT2D eigenvalue weighted by Crippen LogP contribution is -2.34. The van der Waals surface area contributed by atoms with Crippen molar-refractivity contribution in [2.45, 2.75) is 37.6 Å². The van der Waals surface area contributed by atoms with Gasteiger partial charge in [0.05, 0.1) is 18.0 Å². The quantitative estimate of drug-likeness (QED) is 0.706. The van der Waals surface area contributed by atoms with Crippen molar-refractivity contribution in [3.63, 3.8) is 0 Å². The van der Waals surface area contributed by atoms with E-state index in [1.807, 2.05) is 12.6 Å². The third kappa shape index (κ3) is 1.30. The Morgan fingerprint density at radius 2 is 2.44 bits per heavy atom. The number of aromatic amines is 1. The Labute approximate surface area is 106 Å². The number of aromatic nitrogens is 2. The van der Waals surface area contributed by atoms with Crippen LogP contribution >= 0.6 is 0 Å². The van der Waals surface area contributed by atoms with E-state index >= 15 is 0 Å². The summed E-state index contributed by atoms with van der Waals surface area (Å²) in [4.78, 5) is 21.6. The lowest BCUT2D eigenvalue weighted by atomic mass is 9.78. The minimum Gasteiger partial charge on any atom is -0.344 e. The zero-order valence-electron chi connectivity index (χ0n) is 10.1. The van der Waals surface area contributed by atoms with Crippen LogP contribution in [0.15, 0.2) is 11.8 Å². The molecule has 1 aromatic heterocycles. The first-order chi connectivity index (χ1) is 8.88. The third-order valence-electron chi connectivity index (χ3n) is 4.39. The Hall–Kier alpha value is -1.38. The molecule has 92 valence electrons. The molecule has 3 heterocycles. The highest BCUT2D eigenvalue weighted by Crippen LogP contribution is 2.50. The van der Waals surface area contributed by atoms with Gasteiger partial charge in [0.2, 0.25) is 0 Å². The van der Waals surface area contributed by atoms with E-state index in [2.05, 4.69) is 20.8 Å². The van der Waals surface area contributed by atoms with Gasteiger partial charge in [-0.25, -0.2) is 9.78 Å². The SMILES string of the molecule is O=C=C1[CH]CC[C]2C1c1cnc([nH]1)C1CCCN21. The summed E-state index contributed by atoms with van der Waals surface area (Å²) in [5.41, 5.74) is 1.84. The van der Waals surface area contributed by atoms with Gasteiger partial charge in [0, 0.05) is 17.5 Å². The first-order valence-electron chi connectivity index (χ1n) is 6.64. The molecule has 4 rings (SSSR count). The van der Waals surface area contributed by atoms with Gasteiger partial charge in [0.1, 0.15) is 11.8 Å². The van der Waals surface area contributed by atoms with Crippen molar-refractivity contribution < 1.29 is 4.79 Å². The highest BCUT2D eigenvalue weighted by molar-refractivity contribution is 5.62. The van der Waals surface area contributed by atoms with Crippen molar-refractivity contribution in [1.82, 2.24) is 14.9 Å². The summed E-state index contributed by atoms with van der Waals surface area (Å²) in [5, 5.41) is 0. The number of nitrogens with zero attached hydrogens (tertiary/aromatic N) is 2. The number of nitrogens with one attached hydrogen (secondary N) is 1. The third-order valence-corrected chi connectivity index (χ3v) is 4.39. The Bertz CT molecular complexity index is 529. The van der Waals surface area contributed by atoms with Gasteiger partial charge in [-0.1, -0.05) is 0 Å². The Kier molecular flexibility index (Phi) is 2.23. The summed E-state index contributed by atoms with van der Waals surface area (Å²) in [7, 11) is 0. The number of rotatable bonds is 0. The smallest absolute Gasteiger partial charge is 0.124 e. The van der Waals surface area contributed by atoms with Crippen LogP contribution < -0.4 is 0 Å². The van der Waals surface area contributed by atoms with Crippen molar-refractivity contribution in [1.29, 1.82) is 0 Å². The molecule has 0 aromatic carbocycles. The lowest BCUT2D eigenvalue weighted by molar-refractivity contribution is 0.230. The molecule has 1 saturated carbocycles. The molecule has 1 aromatic rings. The van der Waals surface area contributed by atoms with Crippen LogP contribution in [0.3, 0.4) is 0 Å². The van der Waals surface area contributed by atoms with Gasteiger partial charge >= 0.3 is 0 Å². The van der Waals surface area contributed by atoms with Gasteiger partial charge in [-0.15, -0.1) is 0 Å². The molecule has 2 atom stereocenters. The maximum absolute atomic E-state index is 11.2. The van der Waals surface area contributed by atoms with E-state index in [-0.39, 0.29) is 5.92 Å². The van der Waals surface area contributed by atoms with Gasteiger partial charge in [0.15, 0.2) is 0 Å². The van der Waals surface area contributed by atoms with Crippen LogP contribution in [0.5, 0.6) is 0 Å². The molecule has 2 aliphatic heterocycles. The topological polar surface area (TPSA) is 49.0 Å². The van der Waals surface area contributed by atoms with Gasteiger partial charge in [-0.05, 0) is 38.6 Å². The second kappa shape index (κ2) is 3.81. The summed E-state index contributed by atoms with van der Waals surface area (Å²) in [5.74, 6) is 3.26. The van der Waals surface area contributed by atoms with E-state index in [4.69, 9.17) is 0 Å². The molecule has 1 N–H and O–H groups in total. The standard InChI is InChI=1S/C14H15N3O/c18-8-9-3-1-4-11-13(9)10-7-15-14(16-10)12-5-2-6-17(11)12/h3,7,12-13H,1-2,4-6H2,(H,15,16). The molecule has 4 nitrogen and oxygen atoms in total. The summed E-state index contributed by atoms with van der Waals surface area (Å²) in [6.45, 7) is 1.09. The van der Waals surface area contributed by atoms with E-state index in [0.717, 1.165) is 42.9 Å². The molecule has 2 bridgehead atoms. The molecular formula is C14H15N3O. The average Bonchev–Trinajstić information content (AvgIpc) is 3.02. The van der Waals surface area contributed by atoms with Crippen LogP contribution in [-0.4, -0.2) is 27.4 Å². The van der Waals surface area contributed by atoms with E-state index in [9.17, 15) is 4.79 Å². The number of imidazole rings is 1. The van der Waals surface area contributed by atoms with Crippen LogP contribution in [0.2, 0.25) is 0 Å². The van der Waals surface area contributed by atoms with Crippen LogP contribution in [-0.2, 0) is 4.79 Å². The zero-order chi connectivity index (χ0) is 12.1. The largest absolute Gasteiger partial charge is 0.344 e. The second-order valence-electron chi connectivity index (χ2n) is 5.30. The summed E-state index contributed by atoms with van der Waals surface area (Å²) < 4.78 is 0. The average molecular weight is 241 g/mol. The van der Waals surface area contributed by atoms with Gasteiger partial charge < -0.3 is 4.98 Å². The molecule has 18 heavy (non-hydrogen) atoms. The van der Waals surface area contributed by atoms with Gasteiger partial charge in [0.25, 0.3) is 0 Å². The summed E-state index contributed by atoms with van der Waals surface area (Å²) in [6, 6.07) is 1.78. The minimum absolute atomic E-state index is 0.0700. The van der Waals surface area contributed by atoms with Crippen molar-refractivity contribution in [3.05, 3.63) is 35.8 Å². The first-order valence-corrected chi connectivity index (χ1v) is 6.64. The van der Waals surface area contributed by atoms with E-state index in [1.165, 1.54) is 12.5 Å². The van der Waals surface area contributed by atoms with Crippen LogP contribution in [0.4, 0.5) is 0 Å². The van der Waals surface area contributed by atoms with Crippen molar-refractivity contribution >= 4 is 5.94 Å². The molecule has 2 radical (unpaired) electrons. The molecule has 3 aliphatic rings. The fourth-order valence-corrected chi connectivity index (χ4v) is 3.64. The molecule has 2 fully saturated rings. The van der Waals surface area contributed by atoms with Gasteiger partial charge in [-0.2, -0.15) is 0 Å². The van der Waals surface area contributed by atoms with Gasteiger partial charge in [-0.3, -0.25) is 4.90 Å². The molecule has 4 heteroatoms. The Balaban J connectivity index is 1.86. The fourth-order valence-electron chi connectivity index (χ4n) is 3.64. The van der Waals surface area contributed by atoms with Crippen LogP contribution in [0, 0.1) is 12.5 Å². The monoisotopic (exact) mass is 241 g/mol. The van der Waals surface area contributed by atoms with Crippen LogP contribution in [0.1, 0.15) is 49.2 Å². The maximum atomic E-state index is 11.2. The number of carbonyl (C=O) groups excluding carboxylic acids is 1. The predicted molar refractivity (Wildman–Crippen MR) is 66.0 cm³/mol. The van der Waals surface area contributed by atoms with Crippen LogP contribution in [0.25, 0.3) is 0 Å². The minimum atomic E-state index is 0.0700. The molecular weight excluding hydrogens is 226 g/mol. The highest BCUT2D eigenvalue weighted by atomic mass is 16.1. The summed E-state index contributed by atoms with van der Waals surface area (Å²) >= 11 is 0. The van der Waals surface area contributed by atoms with Crippen molar-refractivity contribution in [2.75, 3.05) is 6.54 Å². The van der Waals surface area contributed by atoms with E-state index in [0.29, 0.717) is 6.04 Å². The fraction of sp³-hybridized carbons (Fsp3) is 0.500. The van der Waals surface area contributed by atoms with Crippen molar-refractivity contribution in [3.8, 4) is 0 Å². The molecule has 0 amide bonds. The summed E-state index contributed by atoms with van der Waals surface area (Å²) in [6.07, 6.45) is 8.30. The zero-order valence-corrected chi connectivity index (χ0v) is 10.1. The molecule has 1 saturated heterocycles. The predicted octanol–water partition coefficient (Wildman–Crippen LogP) is 1.93. The Morgan fingerprint density at radius 3 is 3.33 bits per heavy atom. The first kappa shape index (κ1) is 10.5. The highest BCUT2D eigenvalue weighted by Gasteiger charge is 2.44. The molecule has 1 aliphatic carbocycles.